The van der Waals surface area contributed by atoms with Crippen LogP contribution in [-0.4, -0.2) is 60.0 Å². The van der Waals surface area contributed by atoms with Crippen LogP contribution in [0.15, 0.2) is 73.3 Å². The van der Waals surface area contributed by atoms with E-state index in [-0.39, 0.29) is 37.1 Å². The smallest absolute Gasteiger partial charge is 0.111 e. The van der Waals surface area contributed by atoms with Gasteiger partial charge in [0.05, 0.1) is 55.4 Å². The van der Waals surface area contributed by atoms with E-state index in [4.69, 9.17) is 23.7 Å². The zero-order valence-corrected chi connectivity index (χ0v) is 23.2. The molecule has 2 aromatic rings. The summed E-state index contributed by atoms with van der Waals surface area (Å²) in [7, 11) is 0. The molecule has 0 saturated carbocycles. The van der Waals surface area contributed by atoms with Gasteiger partial charge in [-0.3, -0.25) is 0 Å². The second-order valence-corrected chi connectivity index (χ2v) is 11.7. The van der Waals surface area contributed by atoms with E-state index >= 15 is 0 Å². The minimum atomic E-state index is -0.900. The zero-order valence-electron chi connectivity index (χ0n) is 23.2. The quantitative estimate of drug-likeness (QED) is 0.291. The SMILES string of the molecule is C=CCC1(O)CC[C@@]2(C)O[C@H]3[C@@H](OCc4ccccc4)C[C@@H](CCCOCc4ccccc4)O[C@@H]3C[C@@H]2OC1. The molecule has 1 N–H and O–H groups in total. The normalized spacial score (nSPS) is 34.5. The first kappa shape index (κ1) is 28.5. The van der Waals surface area contributed by atoms with Crippen LogP contribution in [0.25, 0.3) is 0 Å². The lowest BCUT2D eigenvalue weighted by Gasteiger charge is -2.52. The maximum Gasteiger partial charge on any atom is 0.111 e. The van der Waals surface area contributed by atoms with Crippen molar-refractivity contribution in [3.63, 3.8) is 0 Å². The van der Waals surface area contributed by atoms with Gasteiger partial charge in [-0.05, 0) is 50.2 Å². The van der Waals surface area contributed by atoms with Crippen molar-refractivity contribution in [2.45, 2.75) is 107 Å². The van der Waals surface area contributed by atoms with Gasteiger partial charge in [0.2, 0.25) is 0 Å². The highest BCUT2D eigenvalue weighted by Gasteiger charge is 2.54. The Bertz CT molecular complexity index is 1030. The van der Waals surface area contributed by atoms with Crippen molar-refractivity contribution in [1.82, 2.24) is 0 Å². The highest BCUT2D eigenvalue weighted by Crippen LogP contribution is 2.44. The third kappa shape index (κ3) is 7.37. The number of aliphatic hydroxyl groups is 1. The molecule has 3 fully saturated rings. The Hall–Kier alpha value is -2.06. The molecule has 212 valence electrons. The van der Waals surface area contributed by atoms with Gasteiger partial charge >= 0.3 is 0 Å². The maximum atomic E-state index is 11.1. The molecule has 0 amide bonds. The lowest BCUT2D eigenvalue weighted by Crippen LogP contribution is -2.62. The number of ether oxygens (including phenoxy) is 5. The molecule has 3 aliphatic rings. The second-order valence-electron chi connectivity index (χ2n) is 11.7. The van der Waals surface area contributed by atoms with Crippen molar-refractivity contribution in [3.8, 4) is 0 Å². The molecular formula is C33H44O6. The first-order valence-corrected chi connectivity index (χ1v) is 14.5. The van der Waals surface area contributed by atoms with Gasteiger partial charge in [0.25, 0.3) is 0 Å². The first-order valence-electron chi connectivity index (χ1n) is 14.5. The molecule has 0 radical (unpaired) electrons. The predicted molar refractivity (Wildman–Crippen MR) is 150 cm³/mol. The summed E-state index contributed by atoms with van der Waals surface area (Å²) in [5, 5.41) is 11.1. The van der Waals surface area contributed by atoms with Crippen molar-refractivity contribution in [3.05, 3.63) is 84.4 Å². The van der Waals surface area contributed by atoms with Crippen molar-refractivity contribution >= 4 is 0 Å². The minimum absolute atomic E-state index is 0.0729. The number of fused-ring (bicyclic) bond motifs is 2. The minimum Gasteiger partial charge on any atom is -0.387 e. The first-order chi connectivity index (χ1) is 19.0. The summed E-state index contributed by atoms with van der Waals surface area (Å²) in [6, 6.07) is 20.6. The molecule has 0 aliphatic carbocycles. The molecule has 3 heterocycles. The lowest BCUT2D eigenvalue weighted by molar-refractivity contribution is -0.294. The van der Waals surface area contributed by atoms with Crippen LogP contribution in [0.2, 0.25) is 0 Å². The second kappa shape index (κ2) is 13.1. The summed E-state index contributed by atoms with van der Waals surface area (Å²) < 4.78 is 32.3. The van der Waals surface area contributed by atoms with Crippen molar-refractivity contribution < 1.29 is 28.8 Å². The number of hydrogen-bond donors (Lipinski definition) is 1. The Kier molecular flexibility index (Phi) is 9.54. The van der Waals surface area contributed by atoms with Gasteiger partial charge in [0.15, 0.2) is 0 Å². The number of benzene rings is 2. The van der Waals surface area contributed by atoms with Crippen LogP contribution in [0.1, 0.15) is 63.0 Å². The Morgan fingerprint density at radius 2 is 1.72 bits per heavy atom. The molecular weight excluding hydrogens is 492 g/mol. The maximum absolute atomic E-state index is 11.1. The summed E-state index contributed by atoms with van der Waals surface area (Å²) >= 11 is 0. The van der Waals surface area contributed by atoms with Crippen LogP contribution in [0.5, 0.6) is 0 Å². The summed E-state index contributed by atoms with van der Waals surface area (Å²) in [5.74, 6) is 0. The van der Waals surface area contributed by atoms with Crippen molar-refractivity contribution in [2.75, 3.05) is 13.2 Å². The van der Waals surface area contributed by atoms with Gasteiger partial charge in [-0.1, -0.05) is 66.7 Å². The van der Waals surface area contributed by atoms with Gasteiger partial charge in [-0.25, -0.2) is 0 Å². The lowest BCUT2D eigenvalue weighted by atomic mass is 9.80. The topological polar surface area (TPSA) is 66.4 Å². The van der Waals surface area contributed by atoms with E-state index in [0.717, 1.165) is 37.7 Å². The Balaban J connectivity index is 1.22. The summed E-state index contributed by atoms with van der Waals surface area (Å²) in [6.45, 7) is 8.10. The van der Waals surface area contributed by atoms with Crippen LogP contribution < -0.4 is 0 Å². The van der Waals surface area contributed by atoms with Crippen molar-refractivity contribution in [1.29, 1.82) is 0 Å². The van der Waals surface area contributed by atoms with Crippen LogP contribution in [0.3, 0.4) is 0 Å². The fraction of sp³-hybridized carbons (Fsp3) is 0.576. The summed E-state index contributed by atoms with van der Waals surface area (Å²) in [4.78, 5) is 0. The monoisotopic (exact) mass is 536 g/mol. The number of rotatable bonds is 11. The molecule has 6 nitrogen and oxygen atoms in total. The fourth-order valence-electron chi connectivity index (χ4n) is 6.21. The molecule has 3 aliphatic heterocycles. The Morgan fingerprint density at radius 3 is 2.44 bits per heavy atom. The van der Waals surface area contributed by atoms with Gasteiger partial charge < -0.3 is 28.8 Å². The molecule has 1 unspecified atom stereocenters. The largest absolute Gasteiger partial charge is 0.387 e. The van der Waals surface area contributed by atoms with E-state index < -0.39 is 11.2 Å². The average Bonchev–Trinajstić information content (AvgIpc) is 3.07. The van der Waals surface area contributed by atoms with E-state index in [0.29, 0.717) is 32.7 Å². The van der Waals surface area contributed by atoms with E-state index in [2.05, 4.69) is 37.8 Å². The Morgan fingerprint density at radius 1 is 1.00 bits per heavy atom. The fourth-order valence-corrected chi connectivity index (χ4v) is 6.21. The molecule has 0 bridgehead atoms. The molecule has 0 spiro atoms. The predicted octanol–water partition coefficient (Wildman–Crippen LogP) is 5.76. The highest BCUT2D eigenvalue weighted by molar-refractivity contribution is 5.14. The van der Waals surface area contributed by atoms with Gasteiger partial charge in [-0.15, -0.1) is 6.58 Å². The van der Waals surface area contributed by atoms with Gasteiger partial charge in [0.1, 0.15) is 6.10 Å². The van der Waals surface area contributed by atoms with Gasteiger partial charge in [0, 0.05) is 19.4 Å². The van der Waals surface area contributed by atoms with Crippen LogP contribution >= 0.6 is 0 Å². The van der Waals surface area contributed by atoms with Crippen LogP contribution in [0, 0.1) is 0 Å². The van der Waals surface area contributed by atoms with Gasteiger partial charge in [-0.2, -0.15) is 0 Å². The summed E-state index contributed by atoms with van der Waals surface area (Å²) in [6.07, 6.45) is 6.54. The van der Waals surface area contributed by atoms with E-state index in [9.17, 15) is 5.11 Å². The summed E-state index contributed by atoms with van der Waals surface area (Å²) in [5.41, 5.74) is 0.944. The highest BCUT2D eigenvalue weighted by atomic mass is 16.6. The van der Waals surface area contributed by atoms with E-state index in [1.54, 1.807) is 6.08 Å². The molecule has 3 saturated heterocycles. The molecule has 0 aromatic heterocycles. The standard InChI is InChI=1S/C33H44O6/c1-3-16-33(34)18-17-32(2)30(37-24-33)21-29-31(39-32)28(36-23-26-13-8-5-9-14-26)20-27(38-29)15-10-19-35-22-25-11-6-4-7-12-25/h3-9,11-14,27-31,34H,1,10,15-24H2,2H3/t27-,28+,29-,30+,31+,32-,33?/m1/s1. The molecule has 2 aromatic carbocycles. The van der Waals surface area contributed by atoms with Crippen LogP contribution in [0.4, 0.5) is 0 Å². The molecule has 7 atom stereocenters. The Labute approximate surface area is 233 Å². The van der Waals surface area contributed by atoms with E-state index in [1.807, 2.05) is 36.4 Å². The average molecular weight is 537 g/mol. The molecule has 5 rings (SSSR count). The van der Waals surface area contributed by atoms with E-state index in [1.165, 1.54) is 5.56 Å². The molecule has 6 heteroatoms. The van der Waals surface area contributed by atoms with Crippen molar-refractivity contribution in [2.24, 2.45) is 0 Å². The number of hydrogen-bond acceptors (Lipinski definition) is 6. The third-order valence-corrected chi connectivity index (χ3v) is 8.53. The zero-order chi connectivity index (χ0) is 27.1. The third-order valence-electron chi connectivity index (χ3n) is 8.53. The van der Waals surface area contributed by atoms with Crippen LogP contribution in [-0.2, 0) is 36.9 Å². The molecule has 39 heavy (non-hydrogen) atoms.